The van der Waals surface area contributed by atoms with Gasteiger partial charge >= 0.3 is 5.97 Å². The number of carbonyl (C=O) groups excluding carboxylic acids is 1. The summed E-state index contributed by atoms with van der Waals surface area (Å²) in [6.45, 7) is 0. The molecule has 0 aliphatic rings. The van der Waals surface area contributed by atoms with Crippen molar-refractivity contribution in [2.75, 3.05) is 5.73 Å². The first kappa shape index (κ1) is 11.4. The molecule has 1 heterocycles. The summed E-state index contributed by atoms with van der Waals surface area (Å²) in [4.78, 5) is 15.5. The van der Waals surface area contributed by atoms with Crippen molar-refractivity contribution in [2.45, 2.75) is 0 Å². The fourth-order valence-electron chi connectivity index (χ4n) is 1.19. The second-order valence-electron chi connectivity index (χ2n) is 3.32. The first-order valence-electron chi connectivity index (χ1n) is 4.84. The number of rotatable bonds is 2. The lowest BCUT2D eigenvalue weighted by Gasteiger charge is -2.04. The molecule has 0 atom stereocenters. The second kappa shape index (κ2) is 4.84. The van der Waals surface area contributed by atoms with Gasteiger partial charge in [0.25, 0.3) is 0 Å². The van der Waals surface area contributed by atoms with Crippen LogP contribution in [0, 0.1) is 0 Å². The average molecular weight is 249 g/mol. The maximum atomic E-state index is 11.7. The number of hydrogen-bond acceptors (Lipinski definition) is 4. The van der Waals surface area contributed by atoms with Crippen molar-refractivity contribution in [1.82, 2.24) is 4.98 Å². The van der Waals surface area contributed by atoms with Gasteiger partial charge in [0, 0.05) is 11.2 Å². The number of nitrogens with two attached hydrogens (primary N) is 1. The number of anilines is 1. The van der Waals surface area contributed by atoms with Gasteiger partial charge in [0.05, 0.1) is 5.56 Å². The molecule has 0 saturated heterocycles. The molecule has 5 heteroatoms. The number of nitrogens with zero attached hydrogens (tertiary/aromatic N) is 1. The van der Waals surface area contributed by atoms with Crippen molar-refractivity contribution in [2.24, 2.45) is 0 Å². The Kier molecular flexibility index (Phi) is 3.25. The van der Waals surface area contributed by atoms with Crippen molar-refractivity contribution >= 4 is 23.4 Å². The molecule has 0 saturated carbocycles. The average Bonchev–Trinajstić information content (AvgIpc) is 2.33. The molecule has 0 spiro atoms. The molecular formula is C12H9ClN2O2. The van der Waals surface area contributed by atoms with Crippen LogP contribution in [0.3, 0.4) is 0 Å². The Hall–Kier alpha value is -2.07. The highest BCUT2D eigenvalue weighted by atomic mass is 35.5. The van der Waals surface area contributed by atoms with E-state index in [1.165, 1.54) is 6.20 Å². The highest BCUT2D eigenvalue weighted by Gasteiger charge is 2.08. The predicted molar refractivity (Wildman–Crippen MR) is 65.1 cm³/mol. The third kappa shape index (κ3) is 2.95. The largest absolute Gasteiger partial charge is 0.423 e. The van der Waals surface area contributed by atoms with Gasteiger partial charge < -0.3 is 10.5 Å². The fraction of sp³-hybridized carbons (Fsp3) is 0. The van der Waals surface area contributed by atoms with Crippen LogP contribution >= 0.6 is 11.6 Å². The third-order valence-electron chi connectivity index (χ3n) is 2.05. The van der Waals surface area contributed by atoms with E-state index in [4.69, 9.17) is 22.1 Å². The number of hydrogen-bond donors (Lipinski definition) is 1. The Morgan fingerprint density at radius 2 is 1.88 bits per heavy atom. The van der Waals surface area contributed by atoms with Crippen LogP contribution < -0.4 is 10.5 Å². The molecule has 0 unspecified atom stereocenters. The molecule has 2 N–H and O–H groups in total. The van der Waals surface area contributed by atoms with E-state index < -0.39 is 5.97 Å². The summed E-state index contributed by atoms with van der Waals surface area (Å²) < 4.78 is 5.12. The van der Waals surface area contributed by atoms with E-state index in [2.05, 4.69) is 4.98 Å². The van der Waals surface area contributed by atoms with Crippen LogP contribution in [0.5, 0.6) is 5.75 Å². The van der Waals surface area contributed by atoms with Crippen LogP contribution in [-0.4, -0.2) is 11.0 Å². The van der Waals surface area contributed by atoms with E-state index >= 15 is 0 Å². The first-order valence-corrected chi connectivity index (χ1v) is 5.22. The highest BCUT2D eigenvalue weighted by molar-refractivity contribution is 6.30. The Balaban J connectivity index is 2.11. The van der Waals surface area contributed by atoms with Gasteiger partial charge in [-0.3, -0.25) is 0 Å². The zero-order valence-corrected chi connectivity index (χ0v) is 9.52. The van der Waals surface area contributed by atoms with Crippen LogP contribution in [0.1, 0.15) is 10.4 Å². The molecule has 4 nitrogen and oxygen atoms in total. The van der Waals surface area contributed by atoms with Crippen molar-refractivity contribution in [3.8, 4) is 5.75 Å². The van der Waals surface area contributed by atoms with Gasteiger partial charge in [-0.15, -0.1) is 0 Å². The summed E-state index contributed by atoms with van der Waals surface area (Å²) in [7, 11) is 0. The van der Waals surface area contributed by atoms with Crippen molar-refractivity contribution in [1.29, 1.82) is 0 Å². The Bertz CT molecular complexity index is 523. The maximum Gasteiger partial charge on any atom is 0.345 e. The standard InChI is InChI=1S/C12H9ClN2O2/c13-9-2-4-10(5-3-9)17-12(16)8-1-6-11(14)15-7-8/h1-7H,(H2,14,15). The van der Waals surface area contributed by atoms with Gasteiger partial charge in [-0.2, -0.15) is 0 Å². The zero-order valence-electron chi connectivity index (χ0n) is 8.76. The van der Waals surface area contributed by atoms with E-state index in [1.54, 1.807) is 36.4 Å². The van der Waals surface area contributed by atoms with Crippen molar-refractivity contribution in [3.63, 3.8) is 0 Å². The maximum absolute atomic E-state index is 11.7. The lowest BCUT2D eigenvalue weighted by atomic mass is 10.3. The van der Waals surface area contributed by atoms with E-state index in [1.807, 2.05) is 0 Å². The van der Waals surface area contributed by atoms with Crippen molar-refractivity contribution in [3.05, 3.63) is 53.2 Å². The van der Waals surface area contributed by atoms with E-state index in [0.717, 1.165) is 0 Å². The van der Waals surface area contributed by atoms with Gasteiger partial charge in [-0.25, -0.2) is 9.78 Å². The van der Waals surface area contributed by atoms with Crippen LogP contribution in [-0.2, 0) is 0 Å². The summed E-state index contributed by atoms with van der Waals surface area (Å²) in [6, 6.07) is 9.62. The van der Waals surface area contributed by atoms with Gasteiger partial charge in [0.1, 0.15) is 11.6 Å². The number of aromatic nitrogens is 1. The lowest BCUT2D eigenvalue weighted by Crippen LogP contribution is -2.09. The normalized spacial score (nSPS) is 9.94. The minimum atomic E-state index is -0.486. The van der Waals surface area contributed by atoms with Crippen LogP contribution in [0.25, 0.3) is 0 Å². The first-order chi connectivity index (χ1) is 8.15. The number of esters is 1. The van der Waals surface area contributed by atoms with E-state index in [9.17, 15) is 4.79 Å². The predicted octanol–water partition coefficient (Wildman–Crippen LogP) is 2.54. The SMILES string of the molecule is Nc1ccc(C(=O)Oc2ccc(Cl)cc2)cn1. The molecule has 1 aromatic carbocycles. The highest BCUT2D eigenvalue weighted by Crippen LogP contribution is 2.16. The number of carbonyl (C=O) groups is 1. The number of halogens is 1. The fourth-order valence-corrected chi connectivity index (χ4v) is 1.32. The van der Waals surface area contributed by atoms with Gasteiger partial charge in [-0.1, -0.05) is 11.6 Å². The number of pyridine rings is 1. The summed E-state index contributed by atoms with van der Waals surface area (Å²) in [5.74, 6) is 0.295. The summed E-state index contributed by atoms with van der Waals surface area (Å²) in [5.41, 5.74) is 5.76. The third-order valence-corrected chi connectivity index (χ3v) is 2.30. The van der Waals surface area contributed by atoms with Gasteiger partial charge in [0.2, 0.25) is 0 Å². The minimum Gasteiger partial charge on any atom is -0.423 e. The molecule has 0 aliphatic carbocycles. The molecule has 0 aliphatic heterocycles. The monoisotopic (exact) mass is 248 g/mol. The number of benzene rings is 1. The van der Waals surface area contributed by atoms with Crippen LogP contribution in [0.2, 0.25) is 5.02 Å². The van der Waals surface area contributed by atoms with E-state index in [0.29, 0.717) is 22.2 Å². The molecule has 0 amide bonds. The Morgan fingerprint density at radius 3 is 2.47 bits per heavy atom. The molecule has 2 rings (SSSR count). The van der Waals surface area contributed by atoms with E-state index in [-0.39, 0.29) is 0 Å². The Labute approximate surface area is 103 Å². The quantitative estimate of drug-likeness (QED) is 0.655. The molecule has 0 bridgehead atoms. The number of nitrogen functional groups attached to an aromatic ring is 1. The molecule has 1 aromatic heterocycles. The van der Waals surface area contributed by atoms with Gasteiger partial charge in [0.15, 0.2) is 0 Å². The van der Waals surface area contributed by atoms with Crippen LogP contribution in [0.15, 0.2) is 42.6 Å². The second-order valence-corrected chi connectivity index (χ2v) is 3.75. The smallest absolute Gasteiger partial charge is 0.345 e. The molecule has 0 radical (unpaired) electrons. The summed E-state index contributed by atoms with van der Waals surface area (Å²) in [6.07, 6.45) is 1.37. The minimum absolute atomic E-state index is 0.342. The molecule has 17 heavy (non-hydrogen) atoms. The lowest BCUT2D eigenvalue weighted by molar-refractivity contribution is 0.0734. The number of ether oxygens (including phenoxy) is 1. The van der Waals surface area contributed by atoms with Gasteiger partial charge in [-0.05, 0) is 36.4 Å². The summed E-state index contributed by atoms with van der Waals surface area (Å²) >= 11 is 5.72. The van der Waals surface area contributed by atoms with Crippen molar-refractivity contribution < 1.29 is 9.53 Å². The molecule has 0 fully saturated rings. The molecule has 2 aromatic rings. The summed E-state index contributed by atoms with van der Waals surface area (Å²) in [5, 5.41) is 0.582. The topological polar surface area (TPSA) is 65.2 Å². The van der Waals surface area contributed by atoms with Crippen LogP contribution in [0.4, 0.5) is 5.82 Å². The molecular weight excluding hydrogens is 240 g/mol. The Morgan fingerprint density at radius 1 is 1.18 bits per heavy atom. The zero-order chi connectivity index (χ0) is 12.3. The molecule has 86 valence electrons.